The third-order valence-corrected chi connectivity index (χ3v) is 2.59. The maximum atomic E-state index is 11.3. The average molecular weight is 230 g/mol. The zero-order chi connectivity index (χ0) is 12.2. The first-order valence-corrected chi connectivity index (χ1v) is 4.86. The van der Waals surface area contributed by atoms with Crippen molar-refractivity contribution >= 4 is 18.0 Å². The van der Waals surface area contributed by atoms with Crippen LogP contribution < -0.4 is 10.6 Å². The zero-order valence-electron chi connectivity index (χ0n) is 8.91. The van der Waals surface area contributed by atoms with Gasteiger partial charge in [0.05, 0.1) is 7.11 Å². The van der Waals surface area contributed by atoms with Crippen LogP contribution in [-0.2, 0) is 14.3 Å². The molecule has 0 aromatic heterocycles. The van der Waals surface area contributed by atoms with Crippen LogP contribution in [0.4, 0.5) is 4.79 Å². The van der Waals surface area contributed by atoms with Gasteiger partial charge in [-0.2, -0.15) is 0 Å². The van der Waals surface area contributed by atoms with Crippen LogP contribution in [0.2, 0.25) is 0 Å². The highest BCUT2D eigenvalue weighted by atomic mass is 16.5. The third-order valence-electron chi connectivity index (χ3n) is 2.59. The smallest absolute Gasteiger partial charge is 0.329 e. The molecule has 2 amide bonds. The van der Waals surface area contributed by atoms with Gasteiger partial charge >= 0.3 is 18.0 Å². The minimum Gasteiger partial charge on any atom is -0.480 e. The maximum absolute atomic E-state index is 11.3. The van der Waals surface area contributed by atoms with Crippen molar-refractivity contribution in [3.05, 3.63) is 0 Å². The number of urea groups is 1. The molecule has 0 saturated heterocycles. The Morgan fingerprint density at radius 3 is 2.38 bits per heavy atom. The summed E-state index contributed by atoms with van der Waals surface area (Å²) in [6, 6.07) is -0.674. The highest BCUT2D eigenvalue weighted by Crippen LogP contribution is 2.31. The minimum absolute atomic E-state index is 0.280. The van der Waals surface area contributed by atoms with E-state index in [9.17, 15) is 14.4 Å². The van der Waals surface area contributed by atoms with Gasteiger partial charge in [-0.25, -0.2) is 9.59 Å². The molecular formula is C9H14N2O5. The largest absolute Gasteiger partial charge is 0.480 e. The molecule has 1 aliphatic rings. The number of carboxylic acids is 1. The summed E-state index contributed by atoms with van der Waals surface area (Å²) in [5.41, 5.74) is -1.17. The summed E-state index contributed by atoms with van der Waals surface area (Å²) >= 11 is 0. The van der Waals surface area contributed by atoms with Crippen LogP contribution in [0.3, 0.4) is 0 Å². The van der Waals surface area contributed by atoms with E-state index in [0.717, 1.165) is 6.42 Å². The van der Waals surface area contributed by atoms with Crippen LogP contribution in [0.1, 0.15) is 19.3 Å². The number of carboxylic acid groups (broad SMARTS) is 1. The number of esters is 1. The first-order valence-electron chi connectivity index (χ1n) is 4.86. The van der Waals surface area contributed by atoms with Crippen LogP contribution >= 0.6 is 0 Å². The van der Waals surface area contributed by atoms with E-state index in [-0.39, 0.29) is 6.54 Å². The van der Waals surface area contributed by atoms with Gasteiger partial charge in [0.25, 0.3) is 0 Å². The molecule has 90 valence electrons. The van der Waals surface area contributed by atoms with Crippen LogP contribution in [0.15, 0.2) is 0 Å². The SMILES string of the molecule is COC(=O)CNC(=O)NC1(C(=O)O)CCC1. The van der Waals surface area contributed by atoms with E-state index < -0.39 is 23.5 Å². The number of hydrogen-bond acceptors (Lipinski definition) is 4. The van der Waals surface area contributed by atoms with Gasteiger partial charge in [0.2, 0.25) is 0 Å². The molecule has 7 heteroatoms. The van der Waals surface area contributed by atoms with Gasteiger partial charge in [-0.05, 0) is 19.3 Å². The van der Waals surface area contributed by atoms with Gasteiger partial charge < -0.3 is 20.5 Å². The Morgan fingerprint density at radius 2 is 2.00 bits per heavy atom. The van der Waals surface area contributed by atoms with E-state index in [0.29, 0.717) is 12.8 Å². The molecule has 0 heterocycles. The van der Waals surface area contributed by atoms with E-state index in [2.05, 4.69) is 15.4 Å². The predicted molar refractivity (Wildman–Crippen MR) is 52.8 cm³/mol. The normalized spacial score (nSPS) is 16.8. The number of aliphatic carboxylic acids is 1. The number of carbonyl (C=O) groups excluding carboxylic acids is 2. The second-order valence-corrected chi connectivity index (χ2v) is 3.62. The Bertz CT molecular complexity index is 311. The van der Waals surface area contributed by atoms with Crippen molar-refractivity contribution in [2.45, 2.75) is 24.8 Å². The lowest BCUT2D eigenvalue weighted by atomic mass is 9.77. The van der Waals surface area contributed by atoms with E-state index >= 15 is 0 Å². The van der Waals surface area contributed by atoms with Crippen LogP contribution in [0.5, 0.6) is 0 Å². The fourth-order valence-electron chi connectivity index (χ4n) is 1.41. The first-order chi connectivity index (χ1) is 7.50. The average Bonchev–Trinajstić information content (AvgIpc) is 2.19. The number of ether oxygens (including phenoxy) is 1. The monoisotopic (exact) mass is 230 g/mol. The molecule has 1 rings (SSSR count). The van der Waals surface area contributed by atoms with Crippen LogP contribution in [-0.4, -0.2) is 42.3 Å². The van der Waals surface area contributed by atoms with Crippen LogP contribution in [0, 0.1) is 0 Å². The second-order valence-electron chi connectivity index (χ2n) is 3.62. The van der Waals surface area contributed by atoms with Crippen molar-refractivity contribution in [2.24, 2.45) is 0 Å². The molecule has 1 fully saturated rings. The van der Waals surface area contributed by atoms with E-state index in [1.807, 2.05) is 0 Å². The summed E-state index contributed by atoms with van der Waals surface area (Å²) < 4.78 is 4.32. The van der Waals surface area contributed by atoms with Crippen molar-refractivity contribution in [3.8, 4) is 0 Å². The third kappa shape index (κ3) is 2.62. The van der Waals surface area contributed by atoms with Crippen molar-refractivity contribution in [2.75, 3.05) is 13.7 Å². The van der Waals surface area contributed by atoms with Gasteiger partial charge in [0, 0.05) is 0 Å². The fourth-order valence-corrected chi connectivity index (χ4v) is 1.41. The fraction of sp³-hybridized carbons (Fsp3) is 0.667. The molecule has 0 radical (unpaired) electrons. The minimum atomic E-state index is -1.17. The molecule has 0 unspecified atom stereocenters. The standard InChI is InChI=1S/C9H14N2O5/c1-16-6(12)5-10-8(15)11-9(7(13)14)3-2-4-9/h2-5H2,1H3,(H,13,14)(H2,10,11,15). The Balaban J connectivity index is 2.39. The number of amides is 2. The molecular weight excluding hydrogens is 216 g/mol. The molecule has 0 aliphatic heterocycles. The number of hydrogen-bond donors (Lipinski definition) is 3. The van der Waals surface area contributed by atoms with Crippen LogP contribution in [0.25, 0.3) is 0 Å². The topological polar surface area (TPSA) is 105 Å². The summed E-state index contributed by atoms with van der Waals surface area (Å²) in [7, 11) is 1.20. The van der Waals surface area contributed by atoms with E-state index in [4.69, 9.17) is 5.11 Å². The van der Waals surface area contributed by atoms with E-state index in [1.54, 1.807) is 0 Å². The molecule has 7 nitrogen and oxygen atoms in total. The Labute approximate surface area is 92.1 Å². The second kappa shape index (κ2) is 4.82. The number of methoxy groups -OCH3 is 1. The molecule has 1 saturated carbocycles. The van der Waals surface area contributed by atoms with Gasteiger partial charge in [-0.15, -0.1) is 0 Å². The molecule has 0 spiro atoms. The molecule has 0 aromatic rings. The quantitative estimate of drug-likeness (QED) is 0.563. The summed E-state index contributed by atoms with van der Waals surface area (Å²) in [6.45, 7) is -0.280. The predicted octanol–water partition coefficient (Wildman–Crippen LogP) is -0.534. The molecule has 0 atom stereocenters. The van der Waals surface area contributed by atoms with Gasteiger partial charge in [0.1, 0.15) is 12.1 Å². The Hall–Kier alpha value is -1.79. The molecule has 0 aromatic carbocycles. The molecule has 1 aliphatic carbocycles. The number of carbonyl (C=O) groups is 3. The zero-order valence-corrected chi connectivity index (χ0v) is 8.91. The number of rotatable bonds is 4. The molecule has 16 heavy (non-hydrogen) atoms. The Kier molecular flexibility index (Phi) is 3.70. The van der Waals surface area contributed by atoms with Crippen molar-refractivity contribution in [1.29, 1.82) is 0 Å². The summed E-state index contributed by atoms with van der Waals surface area (Å²) in [5.74, 6) is -1.64. The lowest BCUT2D eigenvalue weighted by Crippen LogP contribution is -2.61. The van der Waals surface area contributed by atoms with E-state index in [1.165, 1.54) is 7.11 Å². The highest BCUT2D eigenvalue weighted by molar-refractivity contribution is 5.88. The van der Waals surface area contributed by atoms with Crippen molar-refractivity contribution < 1.29 is 24.2 Å². The first kappa shape index (κ1) is 12.3. The van der Waals surface area contributed by atoms with Crippen molar-refractivity contribution in [3.63, 3.8) is 0 Å². The maximum Gasteiger partial charge on any atom is 0.329 e. The van der Waals surface area contributed by atoms with Gasteiger partial charge in [0.15, 0.2) is 0 Å². The summed E-state index contributed by atoms with van der Waals surface area (Å²) in [4.78, 5) is 32.9. The Morgan fingerprint density at radius 1 is 1.38 bits per heavy atom. The number of nitrogens with one attached hydrogen (secondary N) is 2. The lowest BCUT2D eigenvalue weighted by molar-refractivity contribution is -0.148. The summed E-state index contributed by atoms with van der Waals surface area (Å²) in [5, 5.41) is 13.5. The van der Waals surface area contributed by atoms with Gasteiger partial charge in [-0.3, -0.25) is 4.79 Å². The van der Waals surface area contributed by atoms with Crippen molar-refractivity contribution in [1.82, 2.24) is 10.6 Å². The lowest BCUT2D eigenvalue weighted by Gasteiger charge is -2.38. The molecule has 3 N–H and O–H groups in total. The highest BCUT2D eigenvalue weighted by Gasteiger charge is 2.45. The summed E-state index contributed by atoms with van der Waals surface area (Å²) in [6.07, 6.45) is 1.59. The molecule has 0 bridgehead atoms. The van der Waals surface area contributed by atoms with Gasteiger partial charge in [-0.1, -0.05) is 0 Å².